The van der Waals surface area contributed by atoms with Crippen LogP contribution in [0.1, 0.15) is 16.7 Å². The van der Waals surface area contributed by atoms with Gasteiger partial charge in [-0.15, -0.1) is 0 Å². The quantitative estimate of drug-likeness (QED) is 0.722. The van der Waals surface area contributed by atoms with Crippen molar-refractivity contribution in [3.05, 3.63) is 29.5 Å². The van der Waals surface area contributed by atoms with Crippen molar-refractivity contribution in [3.63, 3.8) is 0 Å². The topological polar surface area (TPSA) is 24.9 Å². The van der Waals surface area contributed by atoms with E-state index in [1.807, 2.05) is 19.3 Å². The van der Waals surface area contributed by atoms with Gasteiger partial charge in [0.15, 0.2) is 0 Å². The molecule has 0 atom stereocenters. The number of aryl methyl sites for hydroxylation is 1. The molecule has 0 aromatic carbocycles. The Bertz CT molecular complexity index is 303. The van der Waals surface area contributed by atoms with Crippen molar-refractivity contribution < 1.29 is 0 Å². The molecule has 64 valence electrons. The van der Waals surface area contributed by atoms with Crippen molar-refractivity contribution in [1.82, 2.24) is 4.98 Å². The summed E-state index contributed by atoms with van der Waals surface area (Å²) in [4.78, 5) is 4.25. The zero-order valence-corrected chi connectivity index (χ0v) is 7.81. The third-order valence-corrected chi connectivity index (χ3v) is 2.08. The summed E-state index contributed by atoms with van der Waals surface area (Å²) in [5, 5.41) is 3.03. The van der Waals surface area contributed by atoms with E-state index in [4.69, 9.17) is 0 Å². The SMILES string of the molecule is C=Cc1c(NC)ncc(C)c1C. The molecule has 0 amide bonds. The maximum Gasteiger partial charge on any atom is 0.133 e. The molecule has 0 bridgehead atoms. The molecule has 0 spiro atoms. The Morgan fingerprint density at radius 3 is 2.67 bits per heavy atom. The molecule has 0 fully saturated rings. The fraction of sp³-hybridized carbons (Fsp3) is 0.300. The Kier molecular flexibility index (Phi) is 2.48. The van der Waals surface area contributed by atoms with E-state index >= 15 is 0 Å². The Labute approximate surface area is 73.3 Å². The molecule has 0 unspecified atom stereocenters. The normalized spacial score (nSPS) is 9.58. The van der Waals surface area contributed by atoms with Gasteiger partial charge in [0, 0.05) is 18.8 Å². The monoisotopic (exact) mass is 162 g/mol. The van der Waals surface area contributed by atoms with Crippen molar-refractivity contribution in [1.29, 1.82) is 0 Å². The molecule has 0 aliphatic rings. The van der Waals surface area contributed by atoms with Crippen molar-refractivity contribution in [2.45, 2.75) is 13.8 Å². The van der Waals surface area contributed by atoms with Crippen LogP contribution in [0, 0.1) is 13.8 Å². The van der Waals surface area contributed by atoms with E-state index in [9.17, 15) is 0 Å². The van der Waals surface area contributed by atoms with Crippen LogP contribution in [0.15, 0.2) is 12.8 Å². The molecule has 1 heterocycles. The summed E-state index contributed by atoms with van der Waals surface area (Å²) in [6, 6.07) is 0. The van der Waals surface area contributed by atoms with Crippen molar-refractivity contribution in [2.75, 3.05) is 12.4 Å². The van der Waals surface area contributed by atoms with Gasteiger partial charge in [-0.25, -0.2) is 4.98 Å². The number of hydrogen-bond donors (Lipinski definition) is 1. The fourth-order valence-electron chi connectivity index (χ4n) is 1.17. The summed E-state index contributed by atoms with van der Waals surface area (Å²) in [6.45, 7) is 7.89. The lowest BCUT2D eigenvalue weighted by Crippen LogP contribution is -1.98. The average molecular weight is 162 g/mol. The van der Waals surface area contributed by atoms with E-state index in [-0.39, 0.29) is 0 Å². The smallest absolute Gasteiger partial charge is 0.133 e. The van der Waals surface area contributed by atoms with Gasteiger partial charge in [-0.05, 0) is 25.0 Å². The zero-order chi connectivity index (χ0) is 9.14. The number of hydrogen-bond acceptors (Lipinski definition) is 2. The van der Waals surface area contributed by atoms with Crippen LogP contribution in [0.25, 0.3) is 6.08 Å². The number of nitrogens with one attached hydrogen (secondary N) is 1. The van der Waals surface area contributed by atoms with Gasteiger partial charge in [-0.1, -0.05) is 12.7 Å². The molecule has 1 rings (SSSR count). The van der Waals surface area contributed by atoms with E-state index in [0.29, 0.717) is 0 Å². The predicted molar refractivity (Wildman–Crippen MR) is 53.3 cm³/mol. The van der Waals surface area contributed by atoms with Crippen LogP contribution in [0.5, 0.6) is 0 Å². The number of anilines is 1. The molecule has 1 N–H and O–H groups in total. The average Bonchev–Trinajstić information content (AvgIpc) is 2.09. The molecule has 12 heavy (non-hydrogen) atoms. The number of pyridine rings is 1. The summed E-state index contributed by atoms with van der Waals surface area (Å²) in [7, 11) is 1.87. The van der Waals surface area contributed by atoms with Crippen molar-refractivity contribution in [2.24, 2.45) is 0 Å². The number of rotatable bonds is 2. The van der Waals surface area contributed by atoms with E-state index in [2.05, 4.69) is 30.7 Å². The summed E-state index contributed by atoms with van der Waals surface area (Å²) < 4.78 is 0. The molecular formula is C10H14N2. The third-order valence-electron chi connectivity index (χ3n) is 2.08. The Morgan fingerprint density at radius 1 is 1.50 bits per heavy atom. The van der Waals surface area contributed by atoms with Crippen LogP contribution in [-0.4, -0.2) is 12.0 Å². The van der Waals surface area contributed by atoms with Gasteiger partial charge in [0.05, 0.1) is 0 Å². The van der Waals surface area contributed by atoms with E-state index in [0.717, 1.165) is 11.4 Å². The Morgan fingerprint density at radius 2 is 2.17 bits per heavy atom. The van der Waals surface area contributed by atoms with Gasteiger partial charge < -0.3 is 5.32 Å². The lowest BCUT2D eigenvalue weighted by atomic mass is 10.1. The summed E-state index contributed by atoms with van der Waals surface area (Å²) in [6.07, 6.45) is 3.70. The Hall–Kier alpha value is -1.31. The number of nitrogens with zero attached hydrogens (tertiary/aromatic N) is 1. The standard InChI is InChI=1S/C10H14N2/c1-5-9-8(3)7(2)6-12-10(9)11-4/h5-6H,1H2,2-4H3,(H,11,12). The summed E-state index contributed by atoms with van der Waals surface area (Å²) in [5.41, 5.74) is 3.53. The van der Waals surface area contributed by atoms with Crippen LogP contribution in [-0.2, 0) is 0 Å². The molecule has 0 aliphatic carbocycles. The van der Waals surface area contributed by atoms with Gasteiger partial charge in [0.2, 0.25) is 0 Å². The lowest BCUT2D eigenvalue weighted by molar-refractivity contribution is 1.19. The Balaban J connectivity index is 3.35. The highest BCUT2D eigenvalue weighted by Gasteiger charge is 2.03. The first-order valence-corrected chi connectivity index (χ1v) is 3.97. The van der Waals surface area contributed by atoms with E-state index in [1.165, 1.54) is 11.1 Å². The highest BCUT2D eigenvalue weighted by molar-refractivity contribution is 5.65. The second-order valence-electron chi connectivity index (χ2n) is 2.78. The molecule has 0 radical (unpaired) electrons. The van der Waals surface area contributed by atoms with Crippen LogP contribution in [0.3, 0.4) is 0 Å². The molecule has 0 aliphatic heterocycles. The van der Waals surface area contributed by atoms with Gasteiger partial charge in [0.1, 0.15) is 5.82 Å². The van der Waals surface area contributed by atoms with Crippen LogP contribution in [0.2, 0.25) is 0 Å². The minimum absolute atomic E-state index is 0.896. The molecule has 2 nitrogen and oxygen atoms in total. The second-order valence-corrected chi connectivity index (χ2v) is 2.78. The van der Waals surface area contributed by atoms with Crippen molar-refractivity contribution in [3.8, 4) is 0 Å². The number of aromatic nitrogens is 1. The van der Waals surface area contributed by atoms with Crippen LogP contribution >= 0.6 is 0 Å². The minimum Gasteiger partial charge on any atom is -0.373 e. The van der Waals surface area contributed by atoms with E-state index < -0.39 is 0 Å². The van der Waals surface area contributed by atoms with Gasteiger partial charge >= 0.3 is 0 Å². The summed E-state index contributed by atoms with van der Waals surface area (Å²) >= 11 is 0. The van der Waals surface area contributed by atoms with Gasteiger partial charge in [-0.3, -0.25) is 0 Å². The third kappa shape index (κ3) is 1.33. The molecule has 1 aromatic rings. The van der Waals surface area contributed by atoms with Crippen molar-refractivity contribution >= 4 is 11.9 Å². The maximum atomic E-state index is 4.25. The lowest BCUT2D eigenvalue weighted by Gasteiger charge is -2.09. The van der Waals surface area contributed by atoms with Gasteiger partial charge in [-0.2, -0.15) is 0 Å². The first-order chi connectivity index (χ1) is 5.70. The minimum atomic E-state index is 0.896. The molecule has 0 saturated heterocycles. The molecule has 0 saturated carbocycles. The molecule has 1 aromatic heterocycles. The maximum absolute atomic E-state index is 4.25. The largest absolute Gasteiger partial charge is 0.373 e. The first-order valence-electron chi connectivity index (χ1n) is 3.97. The first kappa shape index (κ1) is 8.78. The molecule has 2 heteroatoms. The second kappa shape index (κ2) is 3.39. The highest BCUT2D eigenvalue weighted by atomic mass is 15.0. The summed E-state index contributed by atoms with van der Waals surface area (Å²) in [5.74, 6) is 0.896. The van der Waals surface area contributed by atoms with E-state index in [1.54, 1.807) is 0 Å². The highest BCUT2D eigenvalue weighted by Crippen LogP contribution is 2.20. The van der Waals surface area contributed by atoms with Crippen LogP contribution in [0.4, 0.5) is 5.82 Å². The zero-order valence-electron chi connectivity index (χ0n) is 7.81. The van der Waals surface area contributed by atoms with Gasteiger partial charge in [0.25, 0.3) is 0 Å². The fourth-order valence-corrected chi connectivity index (χ4v) is 1.17. The van der Waals surface area contributed by atoms with Crippen LogP contribution < -0.4 is 5.32 Å². The molecular weight excluding hydrogens is 148 g/mol. The predicted octanol–water partition coefficient (Wildman–Crippen LogP) is 2.38.